The molecular formula is C11H18N2O2S2. The maximum absolute atomic E-state index is 12.5. The summed E-state index contributed by atoms with van der Waals surface area (Å²) in [6.07, 6.45) is 4.17. The molecule has 0 saturated carbocycles. The van der Waals surface area contributed by atoms with Gasteiger partial charge in [-0.15, -0.1) is 11.3 Å². The van der Waals surface area contributed by atoms with Crippen LogP contribution in [0.15, 0.2) is 16.3 Å². The van der Waals surface area contributed by atoms with Gasteiger partial charge in [0.2, 0.25) is 10.0 Å². The van der Waals surface area contributed by atoms with Gasteiger partial charge in [0.05, 0.1) is 4.90 Å². The quantitative estimate of drug-likeness (QED) is 0.913. The SMILES string of the molecule is NCc1sccc1S(=O)(=O)N1CCCCCC1. The van der Waals surface area contributed by atoms with Crippen molar-refractivity contribution in [3.05, 3.63) is 16.3 Å². The van der Waals surface area contributed by atoms with E-state index in [9.17, 15) is 8.42 Å². The molecule has 0 aliphatic carbocycles. The molecule has 4 nitrogen and oxygen atoms in total. The van der Waals surface area contributed by atoms with Crippen molar-refractivity contribution in [2.45, 2.75) is 37.1 Å². The Kier molecular flexibility index (Phi) is 4.19. The lowest BCUT2D eigenvalue weighted by atomic mass is 10.2. The number of rotatable bonds is 3. The molecule has 1 fully saturated rings. The van der Waals surface area contributed by atoms with Gasteiger partial charge in [-0.05, 0) is 24.3 Å². The summed E-state index contributed by atoms with van der Waals surface area (Å²) in [5, 5.41) is 1.80. The van der Waals surface area contributed by atoms with Gasteiger partial charge in [-0.25, -0.2) is 8.42 Å². The summed E-state index contributed by atoms with van der Waals surface area (Å²) in [6, 6.07) is 1.67. The fraction of sp³-hybridized carbons (Fsp3) is 0.636. The Morgan fingerprint density at radius 2 is 1.88 bits per heavy atom. The molecular weight excluding hydrogens is 256 g/mol. The number of nitrogens with zero attached hydrogens (tertiary/aromatic N) is 1. The van der Waals surface area contributed by atoms with Gasteiger partial charge in [0.1, 0.15) is 0 Å². The van der Waals surface area contributed by atoms with Crippen LogP contribution in [0, 0.1) is 0 Å². The molecule has 2 N–H and O–H groups in total. The molecule has 0 atom stereocenters. The lowest BCUT2D eigenvalue weighted by molar-refractivity contribution is 0.423. The zero-order valence-electron chi connectivity index (χ0n) is 9.76. The highest BCUT2D eigenvalue weighted by Gasteiger charge is 2.27. The Morgan fingerprint density at radius 1 is 1.24 bits per heavy atom. The molecule has 17 heavy (non-hydrogen) atoms. The zero-order valence-corrected chi connectivity index (χ0v) is 11.4. The Hall–Kier alpha value is -0.430. The van der Waals surface area contributed by atoms with Crippen molar-refractivity contribution < 1.29 is 8.42 Å². The van der Waals surface area contributed by atoms with Crippen molar-refractivity contribution in [1.82, 2.24) is 4.31 Å². The second-order valence-electron chi connectivity index (χ2n) is 4.23. The van der Waals surface area contributed by atoms with Crippen LogP contribution in [0.2, 0.25) is 0 Å². The van der Waals surface area contributed by atoms with E-state index in [4.69, 9.17) is 5.73 Å². The summed E-state index contributed by atoms with van der Waals surface area (Å²) < 4.78 is 26.5. The van der Waals surface area contributed by atoms with E-state index in [-0.39, 0.29) is 0 Å². The number of hydrogen-bond acceptors (Lipinski definition) is 4. The van der Waals surface area contributed by atoms with E-state index in [0.717, 1.165) is 30.6 Å². The van der Waals surface area contributed by atoms with E-state index in [0.29, 0.717) is 24.5 Å². The Balaban J connectivity index is 2.28. The first-order valence-corrected chi connectivity index (χ1v) is 8.25. The molecule has 0 radical (unpaired) electrons. The highest BCUT2D eigenvalue weighted by atomic mass is 32.2. The maximum atomic E-state index is 12.5. The molecule has 0 unspecified atom stereocenters. The third-order valence-corrected chi connectivity index (χ3v) is 6.13. The highest BCUT2D eigenvalue weighted by molar-refractivity contribution is 7.89. The van der Waals surface area contributed by atoms with Crippen LogP contribution >= 0.6 is 11.3 Å². The van der Waals surface area contributed by atoms with Gasteiger partial charge in [0.15, 0.2) is 0 Å². The van der Waals surface area contributed by atoms with Crippen LogP contribution in [0.4, 0.5) is 0 Å². The first-order chi connectivity index (χ1) is 8.16. The summed E-state index contributed by atoms with van der Waals surface area (Å²) in [4.78, 5) is 1.17. The molecule has 2 rings (SSSR count). The van der Waals surface area contributed by atoms with Gasteiger partial charge >= 0.3 is 0 Å². The fourth-order valence-electron chi connectivity index (χ4n) is 2.13. The van der Waals surface area contributed by atoms with Crippen LogP contribution in [0.3, 0.4) is 0 Å². The minimum Gasteiger partial charge on any atom is -0.326 e. The topological polar surface area (TPSA) is 63.4 Å². The van der Waals surface area contributed by atoms with Crippen LogP contribution in [-0.2, 0) is 16.6 Å². The number of sulfonamides is 1. The minimum atomic E-state index is -3.32. The largest absolute Gasteiger partial charge is 0.326 e. The molecule has 1 aliphatic rings. The fourth-order valence-corrected chi connectivity index (χ4v) is 4.95. The first-order valence-electron chi connectivity index (χ1n) is 5.93. The standard InChI is InChI=1S/C11H18N2O2S2/c12-9-10-11(5-8-16-10)17(14,15)13-6-3-1-2-4-7-13/h5,8H,1-4,6-7,9,12H2. The molecule has 0 spiro atoms. The van der Waals surface area contributed by atoms with Gasteiger partial charge in [0.25, 0.3) is 0 Å². The molecule has 0 amide bonds. The lowest BCUT2D eigenvalue weighted by Gasteiger charge is -2.19. The van der Waals surface area contributed by atoms with E-state index in [1.54, 1.807) is 15.8 Å². The van der Waals surface area contributed by atoms with E-state index < -0.39 is 10.0 Å². The van der Waals surface area contributed by atoms with Crippen LogP contribution < -0.4 is 5.73 Å². The first kappa shape index (κ1) is 13.0. The van der Waals surface area contributed by atoms with Crippen molar-refractivity contribution in [2.24, 2.45) is 5.73 Å². The summed E-state index contributed by atoms with van der Waals surface area (Å²) in [6.45, 7) is 1.57. The molecule has 1 saturated heterocycles. The van der Waals surface area contributed by atoms with Gasteiger partial charge in [-0.2, -0.15) is 4.31 Å². The van der Waals surface area contributed by atoms with Gasteiger partial charge in [0, 0.05) is 24.5 Å². The zero-order chi connectivity index (χ0) is 12.3. The van der Waals surface area contributed by atoms with E-state index >= 15 is 0 Å². The van der Waals surface area contributed by atoms with Crippen molar-refractivity contribution >= 4 is 21.4 Å². The molecule has 96 valence electrons. The minimum absolute atomic E-state index is 0.292. The van der Waals surface area contributed by atoms with Crippen LogP contribution in [0.1, 0.15) is 30.6 Å². The molecule has 6 heteroatoms. The third-order valence-electron chi connectivity index (χ3n) is 3.07. The molecule has 0 aromatic carbocycles. The third kappa shape index (κ3) is 2.70. The van der Waals surface area contributed by atoms with Crippen molar-refractivity contribution in [2.75, 3.05) is 13.1 Å². The summed E-state index contributed by atoms with van der Waals surface area (Å²) in [5.41, 5.74) is 5.58. The van der Waals surface area contributed by atoms with Gasteiger partial charge in [-0.3, -0.25) is 0 Å². The average molecular weight is 274 g/mol. The van der Waals surface area contributed by atoms with Gasteiger partial charge < -0.3 is 5.73 Å². The van der Waals surface area contributed by atoms with E-state index in [1.165, 1.54) is 11.3 Å². The maximum Gasteiger partial charge on any atom is 0.244 e. The Morgan fingerprint density at radius 3 is 2.47 bits per heavy atom. The lowest BCUT2D eigenvalue weighted by Crippen LogP contribution is -2.32. The van der Waals surface area contributed by atoms with Gasteiger partial charge in [-0.1, -0.05) is 12.8 Å². The smallest absolute Gasteiger partial charge is 0.244 e. The Bertz CT molecular complexity index is 460. The normalized spacial score (nSPS) is 19.1. The number of nitrogens with two attached hydrogens (primary N) is 1. The number of hydrogen-bond donors (Lipinski definition) is 1. The second-order valence-corrected chi connectivity index (χ2v) is 7.14. The molecule has 1 aliphatic heterocycles. The summed E-state index contributed by atoms with van der Waals surface area (Å²) in [5.74, 6) is 0. The average Bonchev–Trinajstić information content (AvgIpc) is 2.63. The van der Waals surface area contributed by atoms with Crippen LogP contribution in [0.5, 0.6) is 0 Å². The second kappa shape index (κ2) is 5.48. The predicted octanol–water partition coefficient (Wildman–Crippen LogP) is 1.77. The van der Waals surface area contributed by atoms with Crippen LogP contribution in [0.25, 0.3) is 0 Å². The van der Waals surface area contributed by atoms with Crippen LogP contribution in [-0.4, -0.2) is 25.8 Å². The van der Waals surface area contributed by atoms with Crippen molar-refractivity contribution in [1.29, 1.82) is 0 Å². The summed E-state index contributed by atoms with van der Waals surface area (Å²) in [7, 11) is -3.32. The number of thiophene rings is 1. The van der Waals surface area contributed by atoms with Crippen molar-refractivity contribution in [3.63, 3.8) is 0 Å². The van der Waals surface area contributed by atoms with Crippen molar-refractivity contribution in [3.8, 4) is 0 Å². The summed E-state index contributed by atoms with van der Waals surface area (Å²) >= 11 is 1.41. The predicted molar refractivity (Wildman–Crippen MR) is 69.4 cm³/mol. The monoisotopic (exact) mass is 274 g/mol. The van der Waals surface area contributed by atoms with E-state index in [2.05, 4.69) is 0 Å². The van der Waals surface area contributed by atoms with E-state index in [1.807, 2.05) is 0 Å². The molecule has 0 bridgehead atoms. The molecule has 1 aromatic rings. The highest BCUT2D eigenvalue weighted by Crippen LogP contribution is 2.26. The molecule has 1 aromatic heterocycles. The Labute approximate surface area is 106 Å². The molecule has 2 heterocycles.